The molecule has 0 aliphatic rings. The number of nitrogen functional groups attached to an aromatic ring is 1. The summed E-state index contributed by atoms with van der Waals surface area (Å²) in [7, 11) is 0. The van der Waals surface area contributed by atoms with Crippen molar-refractivity contribution < 1.29 is 4.52 Å². The molecule has 2 heterocycles. The molecule has 0 spiro atoms. The summed E-state index contributed by atoms with van der Waals surface area (Å²) in [5.41, 5.74) is 7.97. The van der Waals surface area contributed by atoms with Crippen LogP contribution < -0.4 is 5.73 Å². The van der Waals surface area contributed by atoms with Gasteiger partial charge in [-0.2, -0.15) is 0 Å². The van der Waals surface area contributed by atoms with Gasteiger partial charge >= 0.3 is 0 Å². The molecule has 76 valence electrons. The van der Waals surface area contributed by atoms with Gasteiger partial charge in [-0.25, -0.2) is 0 Å². The van der Waals surface area contributed by atoms with Gasteiger partial charge < -0.3 is 10.3 Å². The Balaban J connectivity index is 2.23. The lowest BCUT2D eigenvalue weighted by Crippen LogP contribution is -1.86. The van der Waals surface area contributed by atoms with E-state index < -0.39 is 0 Å². The summed E-state index contributed by atoms with van der Waals surface area (Å²) < 4.78 is 4.94. The van der Waals surface area contributed by atoms with Crippen LogP contribution in [0.5, 0.6) is 0 Å². The van der Waals surface area contributed by atoms with Crippen molar-refractivity contribution >= 4 is 17.8 Å². The summed E-state index contributed by atoms with van der Waals surface area (Å²) in [4.78, 5) is 4.00. The molecule has 0 aliphatic carbocycles. The minimum absolute atomic E-state index is 0.579. The van der Waals surface area contributed by atoms with Gasteiger partial charge in [-0.3, -0.25) is 4.98 Å². The van der Waals surface area contributed by atoms with Crippen LogP contribution in [0, 0.1) is 6.92 Å². The molecule has 0 saturated carbocycles. The molecule has 4 heteroatoms. The zero-order valence-electron chi connectivity index (χ0n) is 8.34. The number of rotatable bonds is 2. The Morgan fingerprint density at radius 2 is 2.27 bits per heavy atom. The van der Waals surface area contributed by atoms with E-state index in [1.807, 2.05) is 24.3 Å². The molecule has 2 aromatic rings. The Morgan fingerprint density at radius 1 is 1.40 bits per heavy atom. The van der Waals surface area contributed by atoms with Crippen molar-refractivity contribution in [2.24, 2.45) is 0 Å². The van der Waals surface area contributed by atoms with Crippen molar-refractivity contribution in [3.8, 4) is 0 Å². The Kier molecular flexibility index (Phi) is 2.49. The molecule has 0 aromatic carbocycles. The Labute approximate surface area is 87.4 Å². The molecule has 2 aromatic heterocycles. The van der Waals surface area contributed by atoms with E-state index >= 15 is 0 Å². The number of aryl methyl sites for hydroxylation is 1. The van der Waals surface area contributed by atoms with Crippen LogP contribution in [0.15, 0.2) is 29.0 Å². The predicted molar refractivity (Wildman–Crippen MR) is 58.8 cm³/mol. The van der Waals surface area contributed by atoms with E-state index in [4.69, 9.17) is 10.3 Å². The number of nitrogens with two attached hydrogens (primary N) is 1. The molecule has 0 atom stereocenters. The zero-order chi connectivity index (χ0) is 10.7. The first kappa shape index (κ1) is 9.45. The lowest BCUT2D eigenvalue weighted by molar-refractivity contribution is 0.397. The average molecular weight is 201 g/mol. The van der Waals surface area contributed by atoms with Crippen LogP contribution in [0.25, 0.3) is 12.2 Å². The second-order valence-electron chi connectivity index (χ2n) is 3.16. The summed E-state index contributed by atoms with van der Waals surface area (Å²) >= 11 is 0. The van der Waals surface area contributed by atoms with Gasteiger partial charge in [0.1, 0.15) is 11.4 Å². The van der Waals surface area contributed by atoms with Crippen LogP contribution in [0.2, 0.25) is 0 Å². The summed E-state index contributed by atoms with van der Waals surface area (Å²) in [6.45, 7) is 1.78. The quantitative estimate of drug-likeness (QED) is 0.808. The van der Waals surface area contributed by atoms with Gasteiger partial charge in [0.25, 0.3) is 0 Å². The van der Waals surface area contributed by atoms with E-state index in [2.05, 4.69) is 10.1 Å². The molecule has 0 saturated heterocycles. The number of aromatic nitrogens is 2. The number of nitrogens with zero attached hydrogens (tertiary/aromatic N) is 2. The minimum atomic E-state index is 0.579. The van der Waals surface area contributed by atoms with E-state index in [9.17, 15) is 0 Å². The molecule has 0 bridgehead atoms. The van der Waals surface area contributed by atoms with Gasteiger partial charge in [0, 0.05) is 12.4 Å². The monoisotopic (exact) mass is 201 g/mol. The maximum atomic E-state index is 5.74. The first-order chi connectivity index (χ1) is 7.27. The fourth-order valence-corrected chi connectivity index (χ4v) is 1.17. The third-order valence-corrected chi connectivity index (χ3v) is 2.05. The topological polar surface area (TPSA) is 64.9 Å². The Bertz CT molecular complexity index is 474. The normalized spacial score (nSPS) is 11.0. The second-order valence-corrected chi connectivity index (χ2v) is 3.16. The van der Waals surface area contributed by atoms with E-state index in [1.165, 1.54) is 0 Å². The Morgan fingerprint density at radius 3 is 2.87 bits per heavy atom. The van der Waals surface area contributed by atoms with E-state index in [0.29, 0.717) is 17.1 Å². The summed E-state index contributed by atoms with van der Waals surface area (Å²) in [6.07, 6.45) is 7.19. The van der Waals surface area contributed by atoms with Crippen LogP contribution >= 0.6 is 0 Å². The first-order valence-electron chi connectivity index (χ1n) is 4.57. The maximum absolute atomic E-state index is 5.74. The number of anilines is 1. The van der Waals surface area contributed by atoms with Crippen molar-refractivity contribution in [2.75, 3.05) is 5.73 Å². The zero-order valence-corrected chi connectivity index (χ0v) is 8.34. The standard InChI is InChI=1S/C11H11N3O/c1-8-11(12)10(14-15-8)5-4-9-3-2-6-13-7-9/h2-7H,12H2,1H3. The minimum Gasteiger partial charge on any atom is -0.394 e. The molecule has 4 nitrogen and oxygen atoms in total. The third kappa shape index (κ3) is 2.04. The summed E-state index contributed by atoms with van der Waals surface area (Å²) in [5.74, 6) is 0.640. The summed E-state index contributed by atoms with van der Waals surface area (Å²) in [6, 6.07) is 3.82. The van der Waals surface area contributed by atoms with Crippen molar-refractivity contribution in [1.29, 1.82) is 0 Å². The van der Waals surface area contributed by atoms with Crippen molar-refractivity contribution in [3.63, 3.8) is 0 Å². The van der Waals surface area contributed by atoms with Gasteiger partial charge in [0.2, 0.25) is 0 Å². The summed E-state index contributed by atoms with van der Waals surface area (Å²) in [5, 5.41) is 3.82. The van der Waals surface area contributed by atoms with Crippen molar-refractivity contribution in [2.45, 2.75) is 6.92 Å². The van der Waals surface area contributed by atoms with Crippen LogP contribution in [-0.2, 0) is 0 Å². The van der Waals surface area contributed by atoms with Gasteiger partial charge in [-0.15, -0.1) is 0 Å². The van der Waals surface area contributed by atoms with Gasteiger partial charge in [-0.05, 0) is 24.6 Å². The maximum Gasteiger partial charge on any atom is 0.157 e. The van der Waals surface area contributed by atoms with Gasteiger partial charge in [0.05, 0.1) is 0 Å². The highest BCUT2D eigenvalue weighted by atomic mass is 16.5. The highest BCUT2D eigenvalue weighted by molar-refractivity contribution is 5.73. The molecule has 15 heavy (non-hydrogen) atoms. The molecule has 0 aliphatic heterocycles. The Hall–Kier alpha value is -2.10. The number of pyridine rings is 1. The largest absolute Gasteiger partial charge is 0.394 e. The van der Waals surface area contributed by atoms with Gasteiger partial charge in [-0.1, -0.05) is 17.3 Å². The third-order valence-electron chi connectivity index (χ3n) is 2.05. The van der Waals surface area contributed by atoms with E-state index in [-0.39, 0.29) is 0 Å². The fraction of sp³-hybridized carbons (Fsp3) is 0.0909. The molecule has 0 radical (unpaired) electrons. The van der Waals surface area contributed by atoms with Crippen LogP contribution in [0.4, 0.5) is 5.69 Å². The molecule has 2 N–H and O–H groups in total. The molecule has 0 fully saturated rings. The molecule has 2 rings (SSSR count). The molecule has 0 unspecified atom stereocenters. The van der Waals surface area contributed by atoms with Gasteiger partial charge in [0.15, 0.2) is 5.76 Å². The highest BCUT2D eigenvalue weighted by Gasteiger charge is 2.04. The van der Waals surface area contributed by atoms with Crippen LogP contribution in [-0.4, -0.2) is 10.1 Å². The van der Waals surface area contributed by atoms with Crippen LogP contribution in [0.3, 0.4) is 0 Å². The predicted octanol–water partition coefficient (Wildman–Crippen LogP) is 2.13. The number of hydrogen-bond donors (Lipinski definition) is 1. The molecular formula is C11H11N3O. The lowest BCUT2D eigenvalue weighted by atomic mass is 10.2. The number of hydrogen-bond acceptors (Lipinski definition) is 4. The van der Waals surface area contributed by atoms with E-state index in [1.54, 1.807) is 19.3 Å². The second kappa shape index (κ2) is 3.96. The SMILES string of the molecule is Cc1onc(C=Cc2cccnc2)c1N. The smallest absolute Gasteiger partial charge is 0.157 e. The fourth-order valence-electron chi connectivity index (χ4n) is 1.17. The molecular weight excluding hydrogens is 190 g/mol. The van der Waals surface area contributed by atoms with E-state index in [0.717, 1.165) is 5.56 Å². The molecule has 0 amide bonds. The highest BCUT2D eigenvalue weighted by Crippen LogP contribution is 2.17. The first-order valence-corrected chi connectivity index (χ1v) is 4.57. The van der Waals surface area contributed by atoms with Crippen molar-refractivity contribution in [3.05, 3.63) is 41.5 Å². The van der Waals surface area contributed by atoms with Crippen molar-refractivity contribution in [1.82, 2.24) is 10.1 Å². The van der Waals surface area contributed by atoms with Crippen LogP contribution in [0.1, 0.15) is 17.0 Å². The average Bonchev–Trinajstić information content (AvgIpc) is 2.59. The lowest BCUT2D eigenvalue weighted by Gasteiger charge is -1.90.